The van der Waals surface area contributed by atoms with Crippen LogP contribution < -0.4 is 0 Å². The Labute approximate surface area is 66.2 Å². The van der Waals surface area contributed by atoms with Gasteiger partial charge in [-0.05, 0) is 0 Å². The van der Waals surface area contributed by atoms with Crippen LogP contribution in [-0.2, 0) is 19.2 Å². The first-order valence-corrected chi connectivity index (χ1v) is 2.49. The number of carbonyl (C=O) groups is 4. The summed E-state index contributed by atoms with van der Waals surface area (Å²) in [7, 11) is 0. The van der Waals surface area contributed by atoms with Crippen molar-refractivity contribution in [2.45, 2.75) is 6.92 Å². The molecule has 12 heavy (non-hydrogen) atoms. The third kappa shape index (κ3) is 11.0. The van der Waals surface area contributed by atoms with Gasteiger partial charge in [-0.15, -0.1) is 0 Å². The molecule has 0 heterocycles. The molecule has 0 aliphatic heterocycles. The minimum atomic E-state index is -1.82. The van der Waals surface area contributed by atoms with Crippen molar-refractivity contribution in [1.82, 2.24) is 0 Å². The lowest BCUT2D eigenvalue weighted by molar-refractivity contribution is -0.159. The van der Waals surface area contributed by atoms with E-state index in [-0.39, 0.29) is 0 Å². The highest BCUT2D eigenvalue weighted by molar-refractivity contribution is 6.31. The van der Waals surface area contributed by atoms with Gasteiger partial charge in [-0.25, -0.2) is 14.4 Å². The second-order valence-corrected chi connectivity index (χ2v) is 1.47. The first kappa shape index (κ1) is 12.7. The minimum absolute atomic E-state index is 0.824. The second kappa shape index (κ2) is 5.83. The Morgan fingerprint density at radius 1 is 0.750 bits per heavy atom. The molecule has 0 aromatic rings. The lowest BCUT2D eigenvalue weighted by atomic mass is 10.5. The van der Waals surface area contributed by atoms with E-state index >= 15 is 0 Å². The van der Waals surface area contributed by atoms with Gasteiger partial charge in [-0.2, -0.15) is 0 Å². The zero-order valence-electron chi connectivity index (χ0n) is 5.97. The SMILES string of the molecule is CC(=O)C(=O)O.O=C(O)C(=O)O. The Hall–Kier alpha value is -1.92. The molecule has 0 saturated heterocycles. The molecule has 0 spiro atoms. The molecule has 0 bridgehead atoms. The van der Waals surface area contributed by atoms with Crippen LogP contribution >= 0.6 is 0 Å². The smallest absolute Gasteiger partial charge is 0.414 e. The molecule has 0 aliphatic rings. The predicted molar refractivity (Wildman–Crippen MR) is 33.6 cm³/mol. The van der Waals surface area contributed by atoms with Gasteiger partial charge in [0.15, 0.2) is 0 Å². The maximum absolute atomic E-state index is 9.54. The summed E-state index contributed by atoms with van der Waals surface area (Å²) in [5.74, 6) is -5.85. The van der Waals surface area contributed by atoms with Crippen LogP contribution in [0.4, 0.5) is 0 Å². The largest absolute Gasteiger partial charge is 0.476 e. The molecule has 7 heteroatoms. The second-order valence-electron chi connectivity index (χ2n) is 1.47. The molecule has 0 aromatic carbocycles. The normalized spacial score (nSPS) is 7.42. The Morgan fingerprint density at radius 2 is 0.917 bits per heavy atom. The van der Waals surface area contributed by atoms with E-state index < -0.39 is 23.7 Å². The number of Topliss-reactive ketones (excluding diaryl/α,β-unsaturated/α-hetero) is 1. The molecule has 0 fully saturated rings. The molecule has 0 rings (SSSR count). The van der Waals surface area contributed by atoms with E-state index in [1.165, 1.54) is 0 Å². The summed E-state index contributed by atoms with van der Waals surface area (Å²) in [6.45, 7) is 1.00. The van der Waals surface area contributed by atoms with E-state index in [1.807, 2.05) is 0 Å². The number of aliphatic carboxylic acids is 3. The number of carboxylic acids is 3. The summed E-state index contributed by atoms with van der Waals surface area (Å²) in [5, 5.41) is 22.4. The van der Waals surface area contributed by atoms with Crippen molar-refractivity contribution < 1.29 is 34.5 Å². The molecule has 0 unspecified atom stereocenters. The van der Waals surface area contributed by atoms with Gasteiger partial charge in [0.05, 0.1) is 0 Å². The van der Waals surface area contributed by atoms with Crippen molar-refractivity contribution in [3.05, 3.63) is 0 Å². The lowest BCUT2D eigenvalue weighted by Crippen LogP contribution is -2.09. The zero-order valence-corrected chi connectivity index (χ0v) is 5.97. The summed E-state index contributed by atoms with van der Waals surface area (Å²) < 4.78 is 0. The van der Waals surface area contributed by atoms with E-state index in [2.05, 4.69) is 0 Å². The highest BCUT2D eigenvalue weighted by Crippen LogP contribution is 1.61. The van der Waals surface area contributed by atoms with Crippen LogP contribution in [0.25, 0.3) is 0 Å². The van der Waals surface area contributed by atoms with Crippen LogP contribution in [0.3, 0.4) is 0 Å². The summed E-state index contributed by atoms with van der Waals surface area (Å²) in [4.78, 5) is 37.1. The van der Waals surface area contributed by atoms with E-state index in [4.69, 9.17) is 24.9 Å². The van der Waals surface area contributed by atoms with Crippen molar-refractivity contribution in [3.63, 3.8) is 0 Å². The summed E-state index contributed by atoms with van der Waals surface area (Å²) in [6, 6.07) is 0. The number of hydrogen-bond acceptors (Lipinski definition) is 4. The minimum Gasteiger partial charge on any atom is -0.476 e. The molecule has 0 aromatic heterocycles. The van der Waals surface area contributed by atoms with Crippen molar-refractivity contribution >= 4 is 23.7 Å². The molecule has 0 amide bonds. The number of ketones is 1. The lowest BCUT2D eigenvalue weighted by Gasteiger charge is -1.73. The van der Waals surface area contributed by atoms with Crippen LogP contribution in [0.1, 0.15) is 6.92 Å². The molecule has 68 valence electrons. The average molecular weight is 178 g/mol. The summed E-state index contributed by atoms with van der Waals surface area (Å²) in [6.07, 6.45) is 0. The van der Waals surface area contributed by atoms with E-state index in [0.717, 1.165) is 6.92 Å². The Balaban J connectivity index is 0. The van der Waals surface area contributed by atoms with Gasteiger partial charge in [0.1, 0.15) is 0 Å². The maximum atomic E-state index is 9.54. The number of carbonyl (C=O) groups excluding carboxylic acids is 1. The van der Waals surface area contributed by atoms with Gasteiger partial charge in [0, 0.05) is 6.92 Å². The predicted octanol–water partition coefficient (Wildman–Crippen LogP) is -1.18. The fourth-order valence-corrected chi connectivity index (χ4v) is 0. The third-order valence-corrected chi connectivity index (χ3v) is 0.484. The van der Waals surface area contributed by atoms with Gasteiger partial charge < -0.3 is 15.3 Å². The highest BCUT2D eigenvalue weighted by Gasteiger charge is 2.04. The monoisotopic (exact) mass is 178 g/mol. The van der Waals surface area contributed by atoms with Crippen LogP contribution in [0.2, 0.25) is 0 Å². The van der Waals surface area contributed by atoms with Crippen LogP contribution in [-0.4, -0.2) is 39.0 Å². The molecular formula is C5H6O7. The van der Waals surface area contributed by atoms with Gasteiger partial charge >= 0.3 is 17.9 Å². The first-order valence-electron chi connectivity index (χ1n) is 2.49. The van der Waals surface area contributed by atoms with Gasteiger partial charge in [-0.1, -0.05) is 0 Å². The van der Waals surface area contributed by atoms with E-state index in [0.29, 0.717) is 0 Å². The molecule has 0 radical (unpaired) electrons. The number of rotatable bonds is 1. The van der Waals surface area contributed by atoms with Crippen LogP contribution in [0, 0.1) is 0 Å². The first-order chi connectivity index (χ1) is 5.29. The van der Waals surface area contributed by atoms with Crippen LogP contribution in [0.15, 0.2) is 0 Å². The van der Waals surface area contributed by atoms with Gasteiger partial charge in [0.2, 0.25) is 5.78 Å². The van der Waals surface area contributed by atoms with Crippen molar-refractivity contribution in [2.75, 3.05) is 0 Å². The van der Waals surface area contributed by atoms with E-state index in [9.17, 15) is 9.59 Å². The molecular weight excluding hydrogens is 172 g/mol. The average Bonchev–Trinajstić information content (AvgIpc) is 1.88. The van der Waals surface area contributed by atoms with Crippen LogP contribution in [0.5, 0.6) is 0 Å². The van der Waals surface area contributed by atoms with Crippen molar-refractivity contribution in [2.24, 2.45) is 0 Å². The van der Waals surface area contributed by atoms with Gasteiger partial charge in [0.25, 0.3) is 0 Å². The Kier molecular flexibility index (Phi) is 6.19. The third-order valence-electron chi connectivity index (χ3n) is 0.484. The quantitative estimate of drug-likeness (QED) is 0.430. The Morgan fingerprint density at radius 3 is 0.917 bits per heavy atom. The molecule has 0 saturated carbocycles. The standard InChI is InChI=1S/C3H4O3.C2H2O4/c1-2(4)3(5)6;3-1(4)2(5)6/h1H3,(H,5,6);(H,3,4)(H,5,6). The maximum Gasteiger partial charge on any atom is 0.414 e. The summed E-state index contributed by atoms with van der Waals surface area (Å²) in [5.41, 5.74) is 0. The van der Waals surface area contributed by atoms with Crippen molar-refractivity contribution in [3.8, 4) is 0 Å². The molecule has 0 atom stereocenters. The highest BCUT2D eigenvalue weighted by atomic mass is 16.4. The topological polar surface area (TPSA) is 129 Å². The number of carboxylic acid groups (broad SMARTS) is 3. The molecule has 0 aliphatic carbocycles. The summed E-state index contributed by atoms with van der Waals surface area (Å²) >= 11 is 0. The van der Waals surface area contributed by atoms with Gasteiger partial charge in [-0.3, -0.25) is 4.79 Å². The van der Waals surface area contributed by atoms with E-state index in [1.54, 1.807) is 0 Å². The molecule has 3 N–H and O–H groups in total. The zero-order chi connectivity index (χ0) is 10.3. The fourth-order valence-electron chi connectivity index (χ4n) is 0. The van der Waals surface area contributed by atoms with Crippen molar-refractivity contribution in [1.29, 1.82) is 0 Å². The molecule has 7 nitrogen and oxygen atoms in total. The fraction of sp³-hybridized carbons (Fsp3) is 0.200. The Bertz CT molecular complexity index is 168. The number of hydrogen-bond donors (Lipinski definition) is 3.